The zero-order valence-electron chi connectivity index (χ0n) is 45.0. The van der Waals surface area contributed by atoms with Crippen molar-refractivity contribution in [1.29, 1.82) is 0 Å². The van der Waals surface area contributed by atoms with Crippen molar-refractivity contribution in [3.63, 3.8) is 0 Å². The van der Waals surface area contributed by atoms with Crippen LogP contribution in [0.15, 0.2) is 279 Å². The molecule has 4 aliphatic rings. The summed E-state index contributed by atoms with van der Waals surface area (Å²) in [5.74, 6) is 0. The highest BCUT2D eigenvalue weighted by molar-refractivity contribution is 6.23. The maximum Gasteiger partial charge on any atom is 0.0737 e. The third-order valence-corrected chi connectivity index (χ3v) is 19.6. The molecule has 0 unspecified atom stereocenters. The topological polar surface area (TPSA) is 3.24 Å². The minimum Gasteiger partial charge on any atom is -0.310 e. The molecule has 0 amide bonds. The van der Waals surface area contributed by atoms with Crippen molar-refractivity contribution in [2.75, 3.05) is 4.90 Å². The highest BCUT2D eigenvalue weighted by Crippen LogP contribution is 2.69. The summed E-state index contributed by atoms with van der Waals surface area (Å²) >= 11 is 0. The zero-order valence-corrected chi connectivity index (χ0v) is 45.0. The fourth-order valence-corrected chi connectivity index (χ4v) is 16.7. The van der Waals surface area contributed by atoms with Gasteiger partial charge in [0.25, 0.3) is 0 Å². The van der Waals surface area contributed by atoms with Crippen molar-refractivity contribution in [3.05, 3.63) is 329 Å². The van der Waals surface area contributed by atoms with Crippen LogP contribution < -0.4 is 4.90 Å². The van der Waals surface area contributed by atoms with Crippen LogP contribution in [-0.4, -0.2) is 0 Å². The second-order valence-electron chi connectivity index (χ2n) is 23.3. The molecule has 0 saturated heterocycles. The number of rotatable bonds is 3. The Kier molecular flexibility index (Phi) is 8.65. The fourth-order valence-electron chi connectivity index (χ4n) is 16.7. The van der Waals surface area contributed by atoms with Crippen LogP contribution in [-0.2, 0) is 10.8 Å². The van der Waals surface area contributed by atoms with Gasteiger partial charge >= 0.3 is 0 Å². The maximum absolute atomic E-state index is 2.48. The van der Waals surface area contributed by atoms with E-state index in [1.165, 1.54) is 159 Å². The van der Waals surface area contributed by atoms with Gasteiger partial charge < -0.3 is 4.90 Å². The Labute approximate surface area is 475 Å². The van der Waals surface area contributed by atoms with Crippen LogP contribution >= 0.6 is 0 Å². The lowest BCUT2D eigenvalue weighted by atomic mass is 9.68. The molecule has 15 aromatic carbocycles. The molecule has 0 N–H and O–H groups in total. The normalized spacial score (nSPS) is 14.1. The summed E-state index contributed by atoms with van der Waals surface area (Å²) in [5, 5.41) is 15.4. The van der Waals surface area contributed by atoms with Gasteiger partial charge in [0.05, 0.1) is 10.8 Å². The summed E-state index contributed by atoms with van der Waals surface area (Å²) in [6.45, 7) is 2.18. The van der Waals surface area contributed by atoms with Crippen LogP contribution in [0.3, 0.4) is 0 Å². The molecule has 4 aliphatic carbocycles. The fraction of sp³-hybridized carbons (Fsp3) is 0.0370. The number of hydrogen-bond acceptors (Lipinski definition) is 1. The van der Waals surface area contributed by atoms with Crippen molar-refractivity contribution in [2.45, 2.75) is 17.8 Å². The van der Waals surface area contributed by atoms with Crippen LogP contribution in [0.25, 0.3) is 109 Å². The second-order valence-corrected chi connectivity index (χ2v) is 23.3. The predicted molar refractivity (Wildman–Crippen MR) is 343 cm³/mol. The Morgan fingerprint density at radius 3 is 0.939 bits per heavy atom. The lowest BCUT2D eigenvalue weighted by Gasteiger charge is -2.33. The molecule has 378 valence electrons. The average Bonchev–Trinajstić information content (AvgIpc) is 1.72. The highest BCUT2D eigenvalue weighted by Gasteiger charge is 2.55. The van der Waals surface area contributed by atoms with E-state index >= 15 is 0 Å². The van der Waals surface area contributed by atoms with Crippen molar-refractivity contribution < 1.29 is 0 Å². The lowest BCUT2D eigenvalue weighted by molar-refractivity contribution is 0.809. The standard InChI is InChI=1S/C81H49N/c1-48-34-38-51(39-35-48)82(52-40-44-54-49(46-52)36-42-68-74-64-26-6-2-18-56(64)58-20-4-8-28-66(58)78(74)80(76(54)68)70-30-14-10-22-60(70)61-23-11-15-31-71(61)80)53-41-45-55-50(47-53)37-43-69-75-65-27-7-3-19-57(65)59-21-5-9-29-67(59)79(75)81(77(55)69)72-32-16-12-24-62(72)63-25-13-17-33-73(63)81/h2-47H,1H3. The zero-order chi connectivity index (χ0) is 53.6. The van der Waals surface area contributed by atoms with E-state index in [4.69, 9.17) is 0 Å². The number of fused-ring (bicyclic) bond motifs is 34. The van der Waals surface area contributed by atoms with Gasteiger partial charge in [-0.3, -0.25) is 0 Å². The van der Waals surface area contributed by atoms with Gasteiger partial charge in [-0.25, -0.2) is 0 Å². The molecule has 82 heavy (non-hydrogen) atoms. The molecule has 1 heteroatoms. The summed E-state index contributed by atoms with van der Waals surface area (Å²) in [7, 11) is 0. The molecule has 0 saturated carbocycles. The first-order valence-corrected chi connectivity index (χ1v) is 28.9. The highest BCUT2D eigenvalue weighted by atomic mass is 15.1. The van der Waals surface area contributed by atoms with Crippen molar-refractivity contribution in [1.82, 2.24) is 0 Å². The van der Waals surface area contributed by atoms with E-state index in [0.717, 1.165) is 17.1 Å². The van der Waals surface area contributed by atoms with E-state index in [2.05, 4.69) is 291 Å². The summed E-state index contributed by atoms with van der Waals surface area (Å²) in [5.41, 5.74) is 25.0. The molecule has 0 aromatic heterocycles. The quantitative estimate of drug-likeness (QED) is 0.159. The first-order chi connectivity index (χ1) is 40.6. The number of aryl methyl sites for hydroxylation is 1. The second kappa shape index (κ2) is 15.9. The lowest BCUT2D eigenvalue weighted by Crippen LogP contribution is -2.26. The van der Waals surface area contributed by atoms with E-state index in [0.29, 0.717) is 0 Å². The Morgan fingerprint density at radius 2 is 0.549 bits per heavy atom. The summed E-state index contributed by atoms with van der Waals surface area (Å²) in [4.78, 5) is 2.48. The van der Waals surface area contributed by atoms with Crippen molar-refractivity contribution in [2.24, 2.45) is 0 Å². The van der Waals surface area contributed by atoms with Gasteiger partial charge in [-0.2, -0.15) is 0 Å². The van der Waals surface area contributed by atoms with Gasteiger partial charge in [0, 0.05) is 17.1 Å². The molecule has 0 heterocycles. The third-order valence-electron chi connectivity index (χ3n) is 19.6. The molecule has 19 rings (SSSR count). The minimum atomic E-state index is -0.548. The van der Waals surface area contributed by atoms with Gasteiger partial charge in [-0.15, -0.1) is 0 Å². The predicted octanol–water partition coefficient (Wildman–Crippen LogP) is 21.1. The molecular weight excluding hydrogens is 987 g/mol. The number of nitrogens with zero attached hydrogens (tertiary/aromatic N) is 1. The SMILES string of the molecule is Cc1ccc(N(c2ccc3c4c(ccc3c2)-c2c(c3ccccc3c3ccccc23)C42c3ccccc3-c3ccccc32)c2ccc3c4c(ccc3c2)-c2c(c3ccccc3c3ccccc23)C42c3ccccc3-c3ccccc32)cc1. The largest absolute Gasteiger partial charge is 0.310 e. The molecule has 2 spiro atoms. The van der Waals surface area contributed by atoms with Crippen LogP contribution in [0.5, 0.6) is 0 Å². The molecule has 15 aromatic rings. The van der Waals surface area contributed by atoms with Crippen LogP contribution in [0.2, 0.25) is 0 Å². The van der Waals surface area contributed by atoms with Gasteiger partial charge in [0.1, 0.15) is 0 Å². The summed E-state index contributed by atoms with van der Waals surface area (Å²) < 4.78 is 0. The van der Waals surface area contributed by atoms with Crippen LogP contribution in [0.4, 0.5) is 17.1 Å². The Hall–Kier alpha value is -10.3. The maximum atomic E-state index is 2.48. The number of anilines is 3. The van der Waals surface area contributed by atoms with Crippen LogP contribution in [0.1, 0.15) is 50.1 Å². The molecule has 0 radical (unpaired) electrons. The van der Waals surface area contributed by atoms with Gasteiger partial charge in [0.2, 0.25) is 0 Å². The molecule has 0 aliphatic heterocycles. The van der Waals surface area contributed by atoms with Gasteiger partial charge in [-0.1, -0.05) is 248 Å². The Balaban J connectivity index is 0.861. The number of hydrogen-bond donors (Lipinski definition) is 0. The summed E-state index contributed by atoms with van der Waals surface area (Å²) in [6, 6.07) is 107. The van der Waals surface area contributed by atoms with Crippen molar-refractivity contribution in [3.8, 4) is 44.5 Å². The Bertz CT molecular complexity index is 4960. The first-order valence-electron chi connectivity index (χ1n) is 28.9. The molecule has 0 atom stereocenters. The average molecular weight is 1040 g/mol. The molecule has 0 bridgehead atoms. The minimum absolute atomic E-state index is 0.548. The molecular formula is C81H49N. The number of benzene rings is 15. The molecule has 0 fully saturated rings. The van der Waals surface area contributed by atoms with E-state index in [-0.39, 0.29) is 0 Å². The van der Waals surface area contributed by atoms with E-state index in [9.17, 15) is 0 Å². The summed E-state index contributed by atoms with van der Waals surface area (Å²) in [6.07, 6.45) is 0. The smallest absolute Gasteiger partial charge is 0.0737 e. The van der Waals surface area contributed by atoms with Gasteiger partial charge in [0.15, 0.2) is 0 Å². The van der Waals surface area contributed by atoms with Crippen molar-refractivity contribution >= 4 is 81.7 Å². The van der Waals surface area contributed by atoms with E-state index in [1.807, 2.05) is 0 Å². The Morgan fingerprint density at radius 1 is 0.232 bits per heavy atom. The van der Waals surface area contributed by atoms with E-state index < -0.39 is 10.8 Å². The van der Waals surface area contributed by atoms with E-state index in [1.54, 1.807) is 0 Å². The monoisotopic (exact) mass is 1040 g/mol. The van der Waals surface area contributed by atoms with Gasteiger partial charge in [-0.05, 0) is 197 Å². The third kappa shape index (κ3) is 5.35. The first kappa shape index (κ1) is 44.5. The van der Waals surface area contributed by atoms with Crippen LogP contribution in [0, 0.1) is 6.92 Å². The molecule has 1 nitrogen and oxygen atoms in total.